The molecular formula is C10H12ClN3O. The largest absolute Gasteiger partial charge is 0.396 e. The van der Waals surface area contributed by atoms with Crippen molar-refractivity contribution in [1.82, 2.24) is 14.5 Å². The second-order valence-electron chi connectivity index (χ2n) is 3.38. The van der Waals surface area contributed by atoms with Crippen LogP contribution in [0.1, 0.15) is 12.2 Å². The molecule has 15 heavy (non-hydrogen) atoms. The highest BCUT2D eigenvalue weighted by molar-refractivity contribution is 6.31. The van der Waals surface area contributed by atoms with Gasteiger partial charge in [-0.05, 0) is 19.4 Å². The van der Waals surface area contributed by atoms with Crippen LogP contribution in [-0.4, -0.2) is 26.2 Å². The zero-order valence-corrected chi connectivity index (χ0v) is 9.20. The van der Waals surface area contributed by atoms with E-state index < -0.39 is 0 Å². The van der Waals surface area contributed by atoms with Crippen molar-refractivity contribution in [3.05, 3.63) is 23.1 Å². The number of aryl methyl sites for hydroxylation is 2. The molecule has 0 aliphatic carbocycles. The first-order valence-corrected chi connectivity index (χ1v) is 5.19. The summed E-state index contributed by atoms with van der Waals surface area (Å²) in [4.78, 5) is 8.60. The molecule has 4 nitrogen and oxygen atoms in total. The Kier molecular flexibility index (Phi) is 2.88. The Labute approximate surface area is 92.5 Å². The second kappa shape index (κ2) is 4.16. The van der Waals surface area contributed by atoms with Crippen LogP contribution in [0.5, 0.6) is 0 Å². The van der Waals surface area contributed by atoms with E-state index in [0.717, 1.165) is 23.5 Å². The molecule has 0 saturated carbocycles. The van der Waals surface area contributed by atoms with E-state index in [1.165, 1.54) is 0 Å². The standard InChI is InChI=1S/C10H12ClN3O/c1-7-13-9-5-8(11)6-12-10(9)14(7)3-2-4-15/h5-6,15H,2-4H2,1H3. The van der Waals surface area contributed by atoms with Gasteiger partial charge in [0.2, 0.25) is 0 Å². The molecule has 1 N–H and O–H groups in total. The van der Waals surface area contributed by atoms with Crippen LogP contribution in [0.4, 0.5) is 0 Å². The minimum atomic E-state index is 0.173. The van der Waals surface area contributed by atoms with Crippen molar-refractivity contribution in [2.45, 2.75) is 19.9 Å². The number of aliphatic hydroxyl groups is 1. The van der Waals surface area contributed by atoms with Crippen LogP contribution in [0, 0.1) is 6.92 Å². The molecule has 0 bridgehead atoms. The molecule has 0 aliphatic heterocycles. The average molecular weight is 226 g/mol. The first-order chi connectivity index (χ1) is 7.22. The van der Waals surface area contributed by atoms with E-state index in [4.69, 9.17) is 16.7 Å². The van der Waals surface area contributed by atoms with Gasteiger partial charge in [-0.15, -0.1) is 0 Å². The minimum Gasteiger partial charge on any atom is -0.396 e. The van der Waals surface area contributed by atoms with E-state index in [9.17, 15) is 0 Å². The highest BCUT2D eigenvalue weighted by Crippen LogP contribution is 2.17. The third kappa shape index (κ3) is 1.96. The SMILES string of the molecule is Cc1nc2cc(Cl)cnc2n1CCCO. The van der Waals surface area contributed by atoms with Crippen molar-refractivity contribution in [3.8, 4) is 0 Å². The Bertz CT molecular complexity index is 481. The summed E-state index contributed by atoms with van der Waals surface area (Å²) in [7, 11) is 0. The lowest BCUT2D eigenvalue weighted by Gasteiger charge is -2.03. The van der Waals surface area contributed by atoms with Gasteiger partial charge in [0.15, 0.2) is 5.65 Å². The summed E-state index contributed by atoms with van der Waals surface area (Å²) < 4.78 is 1.99. The smallest absolute Gasteiger partial charge is 0.160 e. The van der Waals surface area contributed by atoms with E-state index in [2.05, 4.69) is 9.97 Å². The molecule has 0 unspecified atom stereocenters. The monoisotopic (exact) mass is 225 g/mol. The molecule has 0 spiro atoms. The number of rotatable bonds is 3. The van der Waals surface area contributed by atoms with Crippen molar-refractivity contribution in [2.75, 3.05) is 6.61 Å². The molecule has 80 valence electrons. The van der Waals surface area contributed by atoms with Crippen molar-refractivity contribution in [2.24, 2.45) is 0 Å². The van der Waals surface area contributed by atoms with Crippen LogP contribution in [-0.2, 0) is 6.54 Å². The van der Waals surface area contributed by atoms with E-state index in [0.29, 0.717) is 11.4 Å². The Hall–Kier alpha value is -1.13. The van der Waals surface area contributed by atoms with Gasteiger partial charge in [-0.25, -0.2) is 9.97 Å². The lowest BCUT2D eigenvalue weighted by molar-refractivity contribution is 0.280. The average Bonchev–Trinajstić information content (AvgIpc) is 2.50. The van der Waals surface area contributed by atoms with Gasteiger partial charge in [0, 0.05) is 19.3 Å². The molecule has 2 rings (SSSR count). The molecule has 0 saturated heterocycles. The number of hydrogen-bond donors (Lipinski definition) is 1. The van der Waals surface area contributed by atoms with E-state index in [1.807, 2.05) is 11.5 Å². The molecule has 0 amide bonds. The van der Waals surface area contributed by atoms with Crippen LogP contribution in [0.3, 0.4) is 0 Å². The first-order valence-electron chi connectivity index (χ1n) is 4.81. The van der Waals surface area contributed by atoms with Gasteiger partial charge in [0.25, 0.3) is 0 Å². The predicted octanol–water partition coefficient (Wildman–Crippen LogP) is 1.78. The Morgan fingerprint density at radius 1 is 1.53 bits per heavy atom. The maximum atomic E-state index is 8.80. The lowest BCUT2D eigenvalue weighted by atomic mass is 10.4. The maximum absolute atomic E-state index is 8.80. The van der Waals surface area contributed by atoms with Crippen molar-refractivity contribution in [3.63, 3.8) is 0 Å². The van der Waals surface area contributed by atoms with Crippen molar-refractivity contribution in [1.29, 1.82) is 0 Å². The van der Waals surface area contributed by atoms with Gasteiger partial charge in [-0.3, -0.25) is 0 Å². The van der Waals surface area contributed by atoms with Gasteiger partial charge < -0.3 is 9.67 Å². The van der Waals surface area contributed by atoms with Gasteiger partial charge >= 0.3 is 0 Å². The quantitative estimate of drug-likeness (QED) is 0.866. The van der Waals surface area contributed by atoms with Gasteiger partial charge in [-0.2, -0.15) is 0 Å². The fourth-order valence-electron chi connectivity index (χ4n) is 1.60. The minimum absolute atomic E-state index is 0.173. The van der Waals surface area contributed by atoms with Crippen molar-refractivity contribution < 1.29 is 5.11 Å². The third-order valence-electron chi connectivity index (χ3n) is 2.28. The molecule has 0 aromatic carbocycles. The number of imidazole rings is 1. The molecule has 5 heteroatoms. The number of hydrogen-bond acceptors (Lipinski definition) is 3. The number of aromatic nitrogens is 3. The van der Waals surface area contributed by atoms with Crippen LogP contribution in [0.2, 0.25) is 5.02 Å². The second-order valence-corrected chi connectivity index (χ2v) is 3.82. The molecule has 2 heterocycles. The zero-order chi connectivity index (χ0) is 10.8. The van der Waals surface area contributed by atoms with Crippen LogP contribution < -0.4 is 0 Å². The summed E-state index contributed by atoms with van der Waals surface area (Å²) in [6.07, 6.45) is 2.32. The Morgan fingerprint density at radius 3 is 3.07 bits per heavy atom. The highest BCUT2D eigenvalue weighted by atomic mass is 35.5. The summed E-state index contributed by atoms with van der Waals surface area (Å²) in [5.74, 6) is 0.896. The number of fused-ring (bicyclic) bond motifs is 1. The van der Waals surface area contributed by atoms with Crippen LogP contribution in [0.15, 0.2) is 12.3 Å². The third-order valence-corrected chi connectivity index (χ3v) is 2.49. The Morgan fingerprint density at radius 2 is 2.33 bits per heavy atom. The van der Waals surface area contributed by atoms with E-state index >= 15 is 0 Å². The van der Waals surface area contributed by atoms with Gasteiger partial charge in [-0.1, -0.05) is 11.6 Å². The highest BCUT2D eigenvalue weighted by Gasteiger charge is 2.08. The fourth-order valence-corrected chi connectivity index (χ4v) is 1.75. The topological polar surface area (TPSA) is 50.9 Å². The van der Waals surface area contributed by atoms with Crippen molar-refractivity contribution >= 4 is 22.8 Å². The van der Waals surface area contributed by atoms with E-state index in [-0.39, 0.29) is 6.61 Å². The number of pyridine rings is 1. The summed E-state index contributed by atoms with van der Waals surface area (Å²) in [6, 6.07) is 1.80. The summed E-state index contributed by atoms with van der Waals surface area (Å²) in [5, 5.41) is 9.39. The summed E-state index contributed by atoms with van der Waals surface area (Å²) >= 11 is 5.83. The normalized spacial score (nSPS) is 11.1. The number of halogens is 1. The van der Waals surface area contributed by atoms with Gasteiger partial charge in [0.1, 0.15) is 11.3 Å². The molecule has 0 aliphatic rings. The fraction of sp³-hybridized carbons (Fsp3) is 0.400. The zero-order valence-electron chi connectivity index (χ0n) is 8.44. The number of aliphatic hydroxyl groups excluding tert-OH is 1. The summed E-state index contributed by atoms with van der Waals surface area (Å²) in [6.45, 7) is 2.83. The molecule has 0 radical (unpaired) electrons. The summed E-state index contributed by atoms with van der Waals surface area (Å²) in [5.41, 5.74) is 1.63. The lowest BCUT2D eigenvalue weighted by Crippen LogP contribution is -2.03. The van der Waals surface area contributed by atoms with Gasteiger partial charge in [0.05, 0.1) is 5.02 Å². The van der Waals surface area contributed by atoms with Crippen LogP contribution in [0.25, 0.3) is 11.2 Å². The molecule has 0 fully saturated rings. The maximum Gasteiger partial charge on any atom is 0.160 e. The predicted molar refractivity (Wildman–Crippen MR) is 59.0 cm³/mol. The number of nitrogens with zero attached hydrogens (tertiary/aromatic N) is 3. The molecule has 2 aromatic rings. The first kappa shape index (κ1) is 10.4. The molecule has 2 aromatic heterocycles. The molecular weight excluding hydrogens is 214 g/mol. The van der Waals surface area contributed by atoms with Crippen LogP contribution >= 0.6 is 11.6 Å². The molecule has 0 atom stereocenters. The Balaban J connectivity index is 2.48. The van der Waals surface area contributed by atoms with E-state index in [1.54, 1.807) is 12.3 Å².